The molecule has 0 saturated heterocycles. The summed E-state index contributed by atoms with van der Waals surface area (Å²) in [5, 5.41) is 6.71. The van der Waals surface area contributed by atoms with E-state index in [1.807, 2.05) is 0 Å². The molecular weight excluding hydrogens is 247 g/mol. The van der Waals surface area contributed by atoms with Gasteiger partial charge >= 0.3 is 0 Å². The summed E-state index contributed by atoms with van der Waals surface area (Å²) in [5.41, 5.74) is 6.65. The molecule has 0 spiro atoms. The fourth-order valence-corrected chi connectivity index (χ4v) is 1.78. The van der Waals surface area contributed by atoms with Gasteiger partial charge in [-0.2, -0.15) is 5.10 Å². The van der Waals surface area contributed by atoms with Gasteiger partial charge in [-0.25, -0.2) is 4.39 Å². The number of aryl methyl sites for hydroxylation is 1. The number of carbonyl (C=O) groups is 1. The molecule has 1 amide bonds. The summed E-state index contributed by atoms with van der Waals surface area (Å²) in [6, 6.07) is 6.20. The molecule has 6 heteroatoms. The molecule has 0 aliphatic carbocycles. The minimum absolute atomic E-state index is 0.0259. The third-order valence-corrected chi connectivity index (χ3v) is 2.80. The van der Waals surface area contributed by atoms with Crippen molar-refractivity contribution in [2.75, 3.05) is 5.32 Å². The molecular formula is C13H15FN4O. The Hall–Kier alpha value is -2.21. The number of benzene rings is 1. The molecule has 0 aliphatic heterocycles. The highest BCUT2D eigenvalue weighted by Gasteiger charge is 2.12. The maximum atomic E-state index is 13.4. The number of nitrogens with one attached hydrogen (secondary N) is 1. The predicted octanol–water partition coefficient (Wildman–Crippen LogP) is 1.20. The zero-order valence-electron chi connectivity index (χ0n) is 10.6. The van der Waals surface area contributed by atoms with E-state index >= 15 is 0 Å². The summed E-state index contributed by atoms with van der Waals surface area (Å²) in [6.07, 6.45) is 1.57. The van der Waals surface area contributed by atoms with E-state index in [0.29, 0.717) is 11.4 Å². The monoisotopic (exact) mass is 262 g/mol. The van der Waals surface area contributed by atoms with Crippen molar-refractivity contribution in [2.45, 2.75) is 13.0 Å². The number of hydrogen-bond donors (Lipinski definition) is 2. The Morgan fingerprint density at radius 3 is 2.84 bits per heavy atom. The summed E-state index contributed by atoms with van der Waals surface area (Å²) >= 11 is 0. The molecule has 1 aromatic heterocycles. The van der Waals surface area contributed by atoms with Crippen molar-refractivity contribution in [3.05, 3.63) is 47.4 Å². The molecule has 5 nitrogen and oxygen atoms in total. The van der Waals surface area contributed by atoms with Crippen LogP contribution in [0.5, 0.6) is 0 Å². The van der Waals surface area contributed by atoms with Gasteiger partial charge in [-0.3, -0.25) is 9.48 Å². The number of nitrogens with zero attached hydrogens (tertiary/aromatic N) is 2. The molecule has 1 aromatic carbocycles. The van der Waals surface area contributed by atoms with Crippen LogP contribution in [0.3, 0.4) is 0 Å². The van der Waals surface area contributed by atoms with Gasteiger partial charge in [-0.05, 0) is 11.6 Å². The van der Waals surface area contributed by atoms with Gasteiger partial charge in [0.15, 0.2) is 0 Å². The Morgan fingerprint density at radius 1 is 1.42 bits per heavy atom. The Bertz CT molecular complexity index is 594. The first-order valence-corrected chi connectivity index (χ1v) is 5.86. The number of anilines is 1. The second-order valence-electron chi connectivity index (χ2n) is 4.16. The van der Waals surface area contributed by atoms with Crippen molar-refractivity contribution in [1.29, 1.82) is 0 Å². The minimum atomic E-state index is -0.387. The lowest BCUT2D eigenvalue weighted by atomic mass is 10.1. The van der Waals surface area contributed by atoms with Crippen molar-refractivity contribution in [1.82, 2.24) is 9.78 Å². The van der Waals surface area contributed by atoms with Crippen LogP contribution in [0, 0.1) is 5.82 Å². The molecule has 0 atom stereocenters. The molecule has 1 heterocycles. The Balaban J connectivity index is 2.10. The van der Waals surface area contributed by atoms with Gasteiger partial charge in [0.25, 0.3) is 0 Å². The second-order valence-corrected chi connectivity index (χ2v) is 4.16. The molecule has 2 rings (SSSR count). The van der Waals surface area contributed by atoms with Crippen LogP contribution in [0.2, 0.25) is 0 Å². The van der Waals surface area contributed by atoms with E-state index in [4.69, 9.17) is 5.73 Å². The number of hydrogen-bond acceptors (Lipinski definition) is 3. The zero-order valence-corrected chi connectivity index (χ0v) is 10.6. The quantitative estimate of drug-likeness (QED) is 0.869. The number of nitrogens with two attached hydrogens (primary N) is 1. The molecule has 0 fully saturated rings. The summed E-state index contributed by atoms with van der Waals surface area (Å²) in [5.74, 6) is -0.144. The maximum absolute atomic E-state index is 13.4. The van der Waals surface area contributed by atoms with E-state index in [9.17, 15) is 9.18 Å². The van der Waals surface area contributed by atoms with Crippen LogP contribution in [0.25, 0.3) is 0 Å². The van der Waals surface area contributed by atoms with Gasteiger partial charge in [0.2, 0.25) is 5.91 Å². The van der Waals surface area contributed by atoms with Crippen LogP contribution in [0.4, 0.5) is 10.2 Å². The van der Waals surface area contributed by atoms with E-state index < -0.39 is 0 Å². The third-order valence-electron chi connectivity index (χ3n) is 2.80. The minimum Gasteiger partial charge on any atom is -0.326 e. The normalized spacial score (nSPS) is 10.5. The first kappa shape index (κ1) is 13.2. The van der Waals surface area contributed by atoms with Crippen LogP contribution in [0.1, 0.15) is 11.1 Å². The standard InChI is InChI=1S/C13H15FN4O/c1-18-13(10(7-15)8-16-18)17-12(19)6-9-4-2-3-5-11(9)14/h2-5,8H,6-7,15H2,1H3,(H,17,19). The van der Waals surface area contributed by atoms with Crippen LogP contribution in [-0.4, -0.2) is 15.7 Å². The highest BCUT2D eigenvalue weighted by atomic mass is 19.1. The number of aromatic nitrogens is 2. The lowest BCUT2D eigenvalue weighted by Gasteiger charge is -2.08. The van der Waals surface area contributed by atoms with Crippen molar-refractivity contribution in [3.8, 4) is 0 Å². The predicted molar refractivity (Wildman–Crippen MR) is 69.8 cm³/mol. The fraction of sp³-hybridized carbons (Fsp3) is 0.231. The van der Waals surface area contributed by atoms with E-state index in [2.05, 4.69) is 10.4 Å². The number of amides is 1. The molecule has 0 saturated carbocycles. The third kappa shape index (κ3) is 2.97. The van der Waals surface area contributed by atoms with Crippen molar-refractivity contribution < 1.29 is 9.18 Å². The van der Waals surface area contributed by atoms with Crippen LogP contribution in [-0.2, 0) is 24.8 Å². The fourth-order valence-electron chi connectivity index (χ4n) is 1.78. The maximum Gasteiger partial charge on any atom is 0.230 e. The first-order valence-electron chi connectivity index (χ1n) is 5.86. The van der Waals surface area contributed by atoms with E-state index in [0.717, 1.165) is 5.56 Å². The van der Waals surface area contributed by atoms with Gasteiger partial charge in [-0.1, -0.05) is 18.2 Å². The summed E-state index contributed by atoms with van der Waals surface area (Å²) < 4.78 is 15.0. The molecule has 0 radical (unpaired) electrons. The van der Waals surface area contributed by atoms with Crippen LogP contribution < -0.4 is 11.1 Å². The Kier molecular flexibility index (Phi) is 3.91. The number of rotatable bonds is 4. The molecule has 0 unspecified atom stereocenters. The van der Waals surface area contributed by atoms with Gasteiger partial charge < -0.3 is 11.1 Å². The van der Waals surface area contributed by atoms with E-state index in [-0.39, 0.29) is 24.7 Å². The summed E-state index contributed by atoms with van der Waals surface area (Å²) in [7, 11) is 1.71. The SMILES string of the molecule is Cn1ncc(CN)c1NC(=O)Cc1ccccc1F. The van der Waals surface area contributed by atoms with E-state index in [1.165, 1.54) is 10.7 Å². The molecule has 2 aromatic rings. The summed E-state index contributed by atoms with van der Waals surface area (Å²) in [4.78, 5) is 11.9. The van der Waals surface area contributed by atoms with E-state index in [1.54, 1.807) is 31.4 Å². The highest BCUT2D eigenvalue weighted by Crippen LogP contribution is 2.14. The van der Waals surface area contributed by atoms with Gasteiger partial charge in [0.1, 0.15) is 11.6 Å². The lowest BCUT2D eigenvalue weighted by molar-refractivity contribution is -0.115. The molecule has 19 heavy (non-hydrogen) atoms. The Morgan fingerprint density at radius 2 is 2.16 bits per heavy atom. The smallest absolute Gasteiger partial charge is 0.230 e. The molecule has 100 valence electrons. The average molecular weight is 262 g/mol. The molecule has 0 aliphatic rings. The summed E-state index contributed by atoms with van der Waals surface area (Å²) in [6.45, 7) is 0.281. The highest BCUT2D eigenvalue weighted by molar-refractivity contribution is 5.92. The Labute approximate surface area is 110 Å². The average Bonchev–Trinajstić information content (AvgIpc) is 2.73. The number of carbonyl (C=O) groups excluding carboxylic acids is 1. The largest absolute Gasteiger partial charge is 0.326 e. The van der Waals surface area contributed by atoms with Crippen molar-refractivity contribution in [3.63, 3.8) is 0 Å². The van der Waals surface area contributed by atoms with Gasteiger partial charge in [0, 0.05) is 19.2 Å². The van der Waals surface area contributed by atoms with Crippen molar-refractivity contribution in [2.24, 2.45) is 12.8 Å². The second kappa shape index (κ2) is 5.62. The van der Waals surface area contributed by atoms with Gasteiger partial charge in [-0.15, -0.1) is 0 Å². The lowest BCUT2D eigenvalue weighted by Crippen LogP contribution is -2.18. The van der Waals surface area contributed by atoms with Crippen LogP contribution in [0.15, 0.2) is 30.5 Å². The van der Waals surface area contributed by atoms with Gasteiger partial charge in [0.05, 0.1) is 12.6 Å². The van der Waals surface area contributed by atoms with Crippen LogP contribution >= 0.6 is 0 Å². The molecule has 3 N–H and O–H groups in total. The topological polar surface area (TPSA) is 72.9 Å². The first-order chi connectivity index (χ1) is 9.11. The molecule has 0 bridgehead atoms. The van der Waals surface area contributed by atoms with Crippen molar-refractivity contribution >= 4 is 11.7 Å². The number of halogens is 1. The zero-order chi connectivity index (χ0) is 13.8.